The number of hydrogen-bond acceptors (Lipinski definition) is 3. The minimum atomic E-state index is 0.471. The standard InChI is InChI=1S/C18H30N2S/c1-2-16(18-19-12-13-21-18)20-17-11-7-6-10-15(17)14-8-4-3-5-9-14/h12-17,20H,2-11H2,1H3. The van der Waals surface area contributed by atoms with Crippen molar-refractivity contribution < 1.29 is 0 Å². The molecule has 2 fully saturated rings. The fourth-order valence-electron chi connectivity index (χ4n) is 4.52. The van der Waals surface area contributed by atoms with Crippen LogP contribution in [0.2, 0.25) is 0 Å². The lowest BCUT2D eigenvalue weighted by atomic mass is 9.71. The second-order valence-electron chi connectivity index (χ2n) is 6.95. The zero-order valence-electron chi connectivity index (χ0n) is 13.4. The highest BCUT2D eigenvalue weighted by Gasteiger charge is 2.33. The molecule has 2 aliphatic carbocycles. The molecular weight excluding hydrogens is 276 g/mol. The van der Waals surface area contributed by atoms with Crippen LogP contribution in [0.25, 0.3) is 0 Å². The zero-order chi connectivity index (χ0) is 14.5. The Morgan fingerprint density at radius 1 is 1.14 bits per heavy atom. The molecule has 0 bridgehead atoms. The van der Waals surface area contributed by atoms with Crippen LogP contribution in [0.3, 0.4) is 0 Å². The van der Waals surface area contributed by atoms with Crippen LogP contribution < -0.4 is 5.32 Å². The van der Waals surface area contributed by atoms with Gasteiger partial charge in [-0.05, 0) is 31.1 Å². The maximum Gasteiger partial charge on any atom is 0.109 e. The molecule has 21 heavy (non-hydrogen) atoms. The third-order valence-corrected chi connectivity index (χ3v) is 6.54. The summed E-state index contributed by atoms with van der Waals surface area (Å²) in [5, 5.41) is 7.40. The Kier molecular flexibility index (Phi) is 5.70. The van der Waals surface area contributed by atoms with Crippen molar-refractivity contribution in [2.24, 2.45) is 11.8 Å². The van der Waals surface area contributed by atoms with Crippen molar-refractivity contribution >= 4 is 11.3 Å². The van der Waals surface area contributed by atoms with Gasteiger partial charge in [0.15, 0.2) is 0 Å². The van der Waals surface area contributed by atoms with Crippen LogP contribution >= 0.6 is 11.3 Å². The number of rotatable bonds is 5. The molecule has 1 aromatic heterocycles. The fraction of sp³-hybridized carbons (Fsp3) is 0.833. The Hall–Kier alpha value is -0.410. The van der Waals surface area contributed by atoms with Gasteiger partial charge in [0.2, 0.25) is 0 Å². The Bertz CT molecular complexity index is 397. The van der Waals surface area contributed by atoms with Crippen LogP contribution in [0.4, 0.5) is 0 Å². The summed E-state index contributed by atoms with van der Waals surface area (Å²) in [7, 11) is 0. The van der Waals surface area contributed by atoms with Crippen molar-refractivity contribution in [3.05, 3.63) is 16.6 Å². The van der Waals surface area contributed by atoms with Crippen molar-refractivity contribution in [2.45, 2.75) is 83.2 Å². The van der Waals surface area contributed by atoms with Gasteiger partial charge in [0, 0.05) is 17.6 Å². The lowest BCUT2D eigenvalue weighted by molar-refractivity contribution is 0.141. The molecule has 3 heteroatoms. The Morgan fingerprint density at radius 2 is 1.90 bits per heavy atom. The highest BCUT2D eigenvalue weighted by molar-refractivity contribution is 7.09. The van der Waals surface area contributed by atoms with E-state index in [1.807, 2.05) is 17.5 Å². The number of thiazole rings is 1. The first-order valence-corrected chi connectivity index (χ1v) is 9.92. The quantitative estimate of drug-likeness (QED) is 0.796. The Morgan fingerprint density at radius 3 is 2.62 bits per heavy atom. The summed E-state index contributed by atoms with van der Waals surface area (Å²) in [4.78, 5) is 4.55. The molecule has 0 spiro atoms. The van der Waals surface area contributed by atoms with E-state index in [1.54, 1.807) is 0 Å². The third-order valence-electron chi connectivity index (χ3n) is 5.65. The van der Waals surface area contributed by atoms with E-state index in [4.69, 9.17) is 0 Å². The predicted molar refractivity (Wildman–Crippen MR) is 90.6 cm³/mol. The maximum atomic E-state index is 4.55. The van der Waals surface area contributed by atoms with Crippen molar-refractivity contribution in [3.8, 4) is 0 Å². The number of hydrogen-bond donors (Lipinski definition) is 1. The van der Waals surface area contributed by atoms with Crippen LogP contribution in [-0.2, 0) is 0 Å². The van der Waals surface area contributed by atoms with Crippen LogP contribution in [0, 0.1) is 11.8 Å². The van der Waals surface area contributed by atoms with Crippen LogP contribution in [-0.4, -0.2) is 11.0 Å². The van der Waals surface area contributed by atoms with Crippen LogP contribution in [0.1, 0.15) is 82.2 Å². The first kappa shape index (κ1) is 15.5. The van der Waals surface area contributed by atoms with Gasteiger partial charge in [-0.25, -0.2) is 4.98 Å². The lowest BCUT2D eigenvalue weighted by Crippen LogP contribution is -2.44. The van der Waals surface area contributed by atoms with Gasteiger partial charge in [0.05, 0.1) is 6.04 Å². The number of aromatic nitrogens is 1. The van der Waals surface area contributed by atoms with Gasteiger partial charge < -0.3 is 5.32 Å². The maximum absolute atomic E-state index is 4.55. The van der Waals surface area contributed by atoms with E-state index in [0.717, 1.165) is 24.3 Å². The van der Waals surface area contributed by atoms with E-state index in [-0.39, 0.29) is 0 Å². The summed E-state index contributed by atoms with van der Waals surface area (Å²) in [5.41, 5.74) is 0. The van der Waals surface area contributed by atoms with Gasteiger partial charge in [0.25, 0.3) is 0 Å². The molecule has 3 unspecified atom stereocenters. The molecule has 2 nitrogen and oxygen atoms in total. The summed E-state index contributed by atoms with van der Waals surface area (Å²) in [6, 6.07) is 1.20. The Labute approximate surface area is 133 Å². The van der Waals surface area contributed by atoms with E-state index in [0.29, 0.717) is 6.04 Å². The van der Waals surface area contributed by atoms with E-state index >= 15 is 0 Å². The van der Waals surface area contributed by atoms with Gasteiger partial charge in [-0.15, -0.1) is 11.3 Å². The topological polar surface area (TPSA) is 24.9 Å². The molecule has 1 aromatic rings. The molecule has 1 heterocycles. The van der Waals surface area contributed by atoms with Crippen molar-refractivity contribution in [1.29, 1.82) is 0 Å². The van der Waals surface area contributed by atoms with Crippen molar-refractivity contribution in [3.63, 3.8) is 0 Å². The molecule has 0 aliphatic heterocycles. The Balaban J connectivity index is 1.65. The van der Waals surface area contributed by atoms with Gasteiger partial charge in [0.1, 0.15) is 5.01 Å². The summed E-state index contributed by atoms with van der Waals surface area (Å²) in [5.74, 6) is 1.92. The third kappa shape index (κ3) is 3.87. The second kappa shape index (κ2) is 7.73. The average molecular weight is 307 g/mol. The number of nitrogens with one attached hydrogen (secondary N) is 1. The van der Waals surface area contributed by atoms with Gasteiger partial charge in [-0.3, -0.25) is 0 Å². The van der Waals surface area contributed by atoms with E-state index in [1.165, 1.54) is 62.8 Å². The first-order valence-electron chi connectivity index (χ1n) is 9.04. The van der Waals surface area contributed by atoms with Crippen molar-refractivity contribution in [2.75, 3.05) is 0 Å². The van der Waals surface area contributed by atoms with Gasteiger partial charge in [-0.2, -0.15) is 0 Å². The molecule has 3 atom stereocenters. The van der Waals surface area contributed by atoms with E-state index in [2.05, 4.69) is 22.6 Å². The van der Waals surface area contributed by atoms with Crippen molar-refractivity contribution in [1.82, 2.24) is 10.3 Å². The molecule has 118 valence electrons. The summed E-state index contributed by atoms with van der Waals surface area (Å²) >= 11 is 1.81. The fourth-order valence-corrected chi connectivity index (χ4v) is 5.30. The highest BCUT2D eigenvalue weighted by Crippen LogP contribution is 2.39. The largest absolute Gasteiger partial charge is 0.305 e. The molecule has 0 saturated heterocycles. The molecular formula is C18H30N2S. The minimum absolute atomic E-state index is 0.471. The SMILES string of the molecule is CCC(NC1CCCCC1C1CCCCC1)c1nccs1. The van der Waals surface area contributed by atoms with Gasteiger partial charge in [-0.1, -0.05) is 51.9 Å². The molecule has 3 rings (SSSR count). The minimum Gasteiger partial charge on any atom is -0.305 e. The lowest BCUT2D eigenvalue weighted by Gasteiger charge is -2.40. The highest BCUT2D eigenvalue weighted by atomic mass is 32.1. The zero-order valence-corrected chi connectivity index (χ0v) is 14.2. The van der Waals surface area contributed by atoms with Gasteiger partial charge >= 0.3 is 0 Å². The van der Waals surface area contributed by atoms with E-state index < -0.39 is 0 Å². The molecule has 0 aromatic carbocycles. The van der Waals surface area contributed by atoms with Crippen LogP contribution in [0.15, 0.2) is 11.6 Å². The molecule has 2 saturated carbocycles. The first-order chi connectivity index (χ1) is 10.4. The molecule has 1 N–H and O–H groups in total. The molecule has 2 aliphatic rings. The average Bonchev–Trinajstić information content (AvgIpc) is 3.08. The van der Waals surface area contributed by atoms with Crippen LogP contribution in [0.5, 0.6) is 0 Å². The molecule has 0 amide bonds. The smallest absolute Gasteiger partial charge is 0.109 e. The monoisotopic (exact) mass is 306 g/mol. The predicted octanol–water partition coefficient (Wildman–Crippen LogP) is 5.32. The summed E-state index contributed by atoms with van der Waals surface area (Å²) in [6.07, 6.45) is 16.2. The molecule has 0 radical (unpaired) electrons. The second-order valence-corrected chi connectivity index (χ2v) is 7.88. The normalized spacial score (nSPS) is 29.4. The van der Waals surface area contributed by atoms with E-state index in [9.17, 15) is 0 Å². The summed E-state index contributed by atoms with van der Waals surface area (Å²) in [6.45, 7) is 2.29. The number of nitrogens with zero attached hydrogens (tertiary/aromatic N) is 1. The summed E-state index contributed by atoms with van der Waals surface area (Å²) < 4.78 is 0.